The Kier molecular flexibility index (Phi) is 9.25. The summed E-state index contributed by atoms with van der Waals surface area (Å²) in [5.74, 6) is -0.354. The summed E-state index contributed by atoms with van der Waals surface area (Å²) in [5.41, 5.74) is 1.48. The zero-order valence-corrected chi connectivity index (χ0v) is 14.0. The second kappa shape index (κ2) is 10.7. The number of hydrogen-bond donors (Lipinski definition) is 0. The van der Waals surface area contributed by atoms with Gasteiger partial charge >= 0.3 is 5.97 Å². The average molecular weight is 361 g/mol. The molecule has 1 aromatic rings. The molecule has 1 aromatic carbocycles. The number of methoxy groups -OCH3 is 2. The maximum Gasteiger partial charge on any atom is 0.337 e. The van der Waals surface area contributed by atoms with Crippen molar-refractivity contribution < 1.29 is 23.7 Å². The fourth-order valence-corrected chi connectivity index (χ4v) is 2.11. The predicted molar refractivity (Wildman–Crippen MR) is 82.4 cm³/mol. The van der Waals surface area contributed by atoms with Gasteiger partial charge in [-0.1, -0.05) is 22.0 Å². The Bertz CT molecular complexity index is 436. The topological polar surface area (TPSA) is 54.0 Å². The Morgan fingerprint density at radius 3 is 2.52 bits per heavy atom. The molecular weight excluding hydrogens is 340 g/mol. The first-order valence-corrected chi connectivity index (χ1v) is 7.49. The molecule has 0 fully saturated rings. The minimum atomic E-state index is -0.354. The monoisotopic (exact) mass is 360 g/mol. The molecule has 0 aliphatic rings. The predicted octanol–water partition coefficient (Wildman–Crippen LogP) is 2.81. The van der Waals surface area contributed by atoms with Gasteiger partial charge < -0.3 is 18.9 Å². The highest BCUT2D eigenvalue weighted by Gasteiger charge is 2.08. The number of benzene rings is 1. The Hall–Kier alpha value is -0.950. The summed E-state index contributed by atoms with van der Waals surface area (Å²) in [6.07, 6.45) is 0.886. The van der Waals surface area contributed by atoms with E-state index in [0.717, 1.165) is 16.5 Å². The molecule has 0 saturated carbocycles. The number of carbonyl (C=O) groups excluding carboxylic acids is 1. The normalized spacial score (nSPS) is 10.6. The lowest BCUT2D eigenvalue weighted by atomic mass is 10.1. The van der Waals surface area contributed by atoms with Crippen molar-refractivity contribution in [2.45, 2.75) is 13.0 Å². The summed E-state index contributed by atoms with van der Waals surface area (Å²) in [5, 5.41) is 0. The Labute approximate surface area is 133 Å². The van der Waals surface area contributed by atoms with E-state index in [0.29, 0.717) is 38.6 Å². The Balaban J connectivity index is 2.25. The number of ether oxygens (including phenoxy) is 4. The molecule has 0 heterocycles. The van der Waals surface area contributed by atoms with Crippen LogP contribution < -0.4 is 0 Å². The summed E-state index contributed by atoms with van der Waals surface area (Å²) < 4.78 is 21.3. The Morgan fingerprint density at radius 1 is 1.10 bits per heavy atom. The van der Waals surface area contributed by atoms with Crippen LogP contribution in [-0.2, 0) is 25.6 Å². The molecule has 0 saturated heterocycles. The quantitative estimate of drug-likeness (QED) is 0.474. The van der Waals surface area contributed by atoms with Crippen LogP contribution in [-0.4, -0.2) is 46.6 Å². The van der Waals surface area contributed by atoms with Gasteiger partial charge in [0.15, 0.2) is 0 Å². The SMILES string of the molecule is COCCCOCCOCc1ccc(C(=O)OC)cc1Br. The summed E-state index contributed by atoms with van der Waals surface area (Å²) >= 11 is 3.42. The number of halogens is 1. The van der Waals surface area contributed by atoms with Crippen LogP contribution in [0.25, 0.3) is 0 Å². The zero-order valence-electron chi connectivity index (χ0n) is 12.4. The zero-order chi connectivity index (χ0) is 15.5. The first-order chi connectivity index (χ1) is 10.2. The van der Waals surface area contributed by atoms with Crippen LogP contribution in [0.5, 0.6) is 0 Å². The van der Waals surface area contributed by atoms with Crippen LogP contribution in [0.1, 0.15) is 22.3 Å². The molecule has 0 atom stereocenters. The van der Waals surface area contributed by atoms with E-state index in [-0.39, 0.29) is 5.97 Å². The molecule has 0 bridgehead atoms. The molecule has 6 heteroatoms. The van der Waals surface area contributed by atoms with Crippen LogP contribution in [0.3, 0.4) is 0 Å². The first-order valence-electron chi connectivity index (χ1n) is 6.70. The smallest absolute Gasteiger partial charge is 0.337 e. The molecule has 0 amide bonds. The highest BCUT2D eigenvalue weighted by molar-refractivity contribution is 9.10. The van der Waals surface area contributed by atoms with Crippen LogP contribution >= 0.6 is 15.9 Å². The lowest BCUT2D eigenvalue weighted by molar-refractivity contribution is 0.0335. The lowest BCUT2D eigenvalue weighted by Gasteiger charge is -2.08. The highest BCUT2D eigenvalue weighted by Crippen LogP contribution is 2.20. The summed E-state index contributed by atoms with van der Waals surface area (Å²) in [6.45, 7) is 2.93. The van der Waals surface area contributed by atoms with E-state index in [2.05, 4.69) is 20.7 Å². The average Bonchev–Trinajstić information content (AvgIpc) is 2.50. The van der Waals surface area contributed by atoms with Gasteiger partial charge in [0.05, 0.1) is 32.5 Å². The van der Waals surface area contributed by atoms with Crippen molar-refractivity contribution in [1.29, 1.82) is 0 Å². The third-order valence-corrected chi connectivity index (χ3v) is 3.48. The van der Waals surface area contributed by atoms with Crippen molar-refractivity contribution in [2.75, 3.05) is 40.6 Å². The molecule has 0 radical (unpaired) electrons. The summed E-state index contributed by atoms with van der Waals surface area (Å²) in [7, 11) is 3.03. The van der Waals surface area contributed by atoms with Gasteiger partial charge in [-0.3, -0.25) is 0 Å². The van der Waals surface area contributed by atoms with Gasteiger partial charge in [-0.05, 0) is 24.1 Å². The van der Waals surface area contributed by atoms with E-state index in [9.17, 15) is 4.79 Å². The first kappa shape index (κ1) is 18.1. The van der Waals surface area contributed by atoms with E-state index in [1.165, 1.54) is 7.11 Å². The maximum absolute atomic E-state index is 11.4. The van der Waals surface area contributed by atoms with E-state index >= 15 is 0 Å². The molecule has 0 aliphatic heterocycles. The van der Waals surface area contributed by atoms with E-state index < -0.39 is 0 Å². The van der Waals surface area contributed by atoms with Crippen LogP contribution in [0.2, 0.25) is 0 Å². The fourth-order valence-electron chi connectivity index (χ4n) is 1.62. The van der Waals surface area contributed by atoms with Crippen molar-refractivity contribution in [3.05, 3.63) is 33.8 Å². The molecule has 0 spiro atoms. The summed E-state index contributed by atoms with van der Waals surface area (Å²) in [4.78, 5) is 11.4. The molecule has 0 unspecified atom stereocenters. The lowest BCUT2D eigenvalue weighted by Crippen LogP contribution is -2.07. The van der Waals surface area contributed by atoms with Gasteiger partial charge in [0.25, 0.3) is 0 Å². The number of rotatable bonds is 10. The van der Waals surface area contributed by atoms with Crippen molar-refractivity contribution >= 4 is 21.9 Å². The Morgan fingerprint density at radius 2 is 1.86 bits per heavy atom. The van der Waals surface area contributed by atoms with E-state index in [4.69, 9.17) is 14.2 Å². The molecule has 5 nitrogen and oxygen atoms in total. The van der Waals surface area contributed by atoms with Crippen LogP contribution in [0.15, 0.2) is 22.7 Å². The largest absolute Gasteiger partial charge is 0.465 e. The van der Waals surface area contributed by atoms with Crippen LogP contribution in [0.4, 0.5) is 0 Å². The second-order valence-corrected chi connectivity index (χ2v) is 5.16. The number of carbonyl (C=O) groups is 1. The minimum absolute atomic E-state index is 0.354. The molecule has 118 valence electrons. The highest BCUT2D eigenvalue weighted by atomic mass is 79.9. The second-order valence-electron chi connectivity index (χ2n) is 4.31. The van der Waals surface area contributed by atoms with E-state index in [1.54, 1.807) is 19.2 Å². The third kappa shape index (κ3) is 7.04. The fraction of sp³-hybridized carbons (Fsp3) is 0.533. The van der Waals surface area contributed by atoms with Gasteiger partial charge in [0, 0.05) is 24.8 Å². The van der Waals surface area contributed by atoms with Gasteiger partial charge in [-0.2, -0.15) is 0 Å². The molecule has 1 rings (SSSR count). The molecule has 21 heavy (non-hydrogen) atoms. The van der Waals surface area contributed by atoms with Crippen molar-refractivity contribution in [2.24, 2.45) is 0 Å². The number of hydrogen-bond acceptors (Lipinski definition) is 5. The molecule has 0 aliphatic carbocycles. The standard InChI is InChI=1S/C15H21BrO5/c1-18-6-3-7-20-8-9-21-11-13-5-4-12(10-14(13)16)15(17)19-2/h4-5,10H,3,6-9,11H2,1-2H3. The van der Waals surface area contributed by atoms with Gasteiger partial charge in [0.2, 0.25) is 0 Å². The van der Waals surface area contributed by atoms with Crippen molar-refractivity contribution in [3.8, 4) is 0 Å². The van der Waals surface area contributed by atoms with Gasteiger partial charge in [-0.15, -0.1) is 0 Å². The van der Waals surface area contributed by atoms with Crippen molar-refractivity contribution in [1.82, 2.24) is 0 Å². The summed E-state index contributed by atoms with van der Waals surface area (Å²) in [6, 6.07) is 5.29. The maximum atomic E-state index is 11.4. The third-order valence-electron chi connectivity index (χ3n) is 2.74. The molecule has 0 aromatic heterocycles. The minimum Gasteiger partial charge on any atom is -0.465 e. The number of esters is 1. The van der Waals surface area contributed by atoms with Gasteiger partial charge in [0.1, 0.15) is 0 Å². The van der Waals surface area contributed by atoms with Crippen LogP contribution in [0, 0.1) is 0 Å². The van der Waals surface area contributed by atoms with E-state index in [1.807, 2.05) is 6.07 Å². The molecular formula is C15H21BrO5. The van der Waals surface area contributed by atoms with Crippen molar-refractivity contribution in [3.63, 3.8) is 0 Å². The van der Waals surface area contributed by atoms with Gasteiger partial charge in [-0.25, -0.2) is 4.79 Å². The molecule has 0 N–H and O–H groups in total.